The summed E-state index contributed by atoms with van der Waals surface area (Å²) in [5, 5.41) is 0.945. The van der Waals surface area contributed by atoms with Crippen LogP contribution in [0.1, 0.15) is 21.7 Å². The van der Waals surface area contributed by atoms with Crippen LogP contribution in [0.25, 0.3) is 10.8 Å². The van der Waals surface area contributed by atoms with Gasteiger partial charge >= 0.3 is 17.6 Å². The van der Waals surface area contributed by atoms with Crippen LogP contribution < -0.4 is 5.63 Å². The summed E-state index contributed by atoms with van der Waals surface area (Å²) in [4.78, 5) is 34.6. The Morgan fingerprint density at radius 2 is 1.62 bits per heavy atom. The van der Waals surface area contributed by atoms with Gasteiger partial charge in [0.05, 0.1) is 10.9 Å². The molecule has 0 saturated heterocycles. The Morgan fingerprint density at radius 3 is 2.46 bits per heavy atom. The average Bonchev–Trinajstić information content (AvgIpc) is 2.60. The molecular weight excluding hydrogens is 332 g/mol. The number of ether oxygens (including phenoxy) is 1. The number of carbonyl (C=O) groups excluding carboxylic acids is 2. The second kappa shape index (κ2) is 5.04. The van der Waals surface area contributed by atoms with E-state index in [0.29, 0.717) is 10.8 Å². The Kier molecular flexibility index (Phi) is 3.08. The summed E-state index contributed by atoms with van der Waals surface area (Å²) < 4.78 is 10.1. The second-order valence-electron chi connectivity index (χ2n) is 5.37. The average molecular weight is 341 g/mol. The molecule has 1 aliphatic rings. The van der Waals surface area contributed by atoms with Crippen LogP contribution >= 0.6 is 11.6 Å². The Labute approximate surface area is 140 Å². The lowest BCUT2D eigenvalue weighted by Gasteiger charge is -2.29. The fourth-order valence-electron chi connectivity index (χ4n) is 2.82. The number of hydrogen-bond acceptors (Lipinski definition) is 5. The van der Waals surface area contributed by atoms with Crippen LogP contribution in [0.4, 0.5) is 0 Å². The summed E-state index contributed by atoms with van der Waals surface area (Å²) in [6.45, 7) is 0. The van der Waals surface area contributed by atoms with Crippen molar-refractivity contribution in [3.63, 3.8) is 0 Å². The molecule has 118 valence electrons. The van der Waals surface area contributed by atoms with Crippen molar-refractivity contribution in [1.29, 1.82) is 0 Å². The molecule has 0 N–H and O–H groups in total. The third kappa shape index (κ3) is 1.91. The van der Waals surface area contributed by atoms with Crippen LogP contribution in [0, 0.1) is 0 Å². The number of cyclic esters (lactones) is 2. The van der Waals surface area contributed by atoms with Gasteiger partial charge in [-0.3, -0.25) is 0 Å². The number of benzene rings is 2. The van der Waals surface area contributed by atoms with E-state index in [0.717, 1.165) is 0 Å². The van der Waals surface area contributed by atoms with Crippen molar-refractivity contribution in [3.05, 3.63) is 81.9 Å². The maximum absolute atomic E-state index is 12.4. The standard InChI is InChI=1S/C18H9ClO5/c19-18(13-8-4-3-7-12(13)16(21)24-17(18)22)14-9-10-5-1-2-6-11(10)15(20)23-14/h1-9H/t18-/m0/s1. The molecule has 4 rings (SSSR count). The first-order valence-electron chi connectivity index (χ1n) is 7.10. The van der Waals surface area contributed by atoms with Gasteiger partial charge in [0.25, 0.3) is 0 Å². The van der Waals surface area contributed by atoms with Gasteiger partial charge in [-0.25, -0.2) is 14.4 Å². The van der Waals surface area contributed by atoms with Crippen molar-refractivity contribution in [2.75, 3.05) is 0 Å². The first-order valence-corrected chi connectivity index (χ1v) is 7.48. The summed E-state index contributed by atoms with van der Waals surface area (Å²) in [5.41, 5.74) is -0.237. The molecule has 0 spiro atoms. The molecule has 0 radical (unpaired) electrons. The molecule has 1 aliphatic heterocycles. The lowest BCUT2D eigenvalue weighted by molar-refractivity contribution is -0.141. The van der Waals surface area contributed by atoms with Crippen molar-refractivity contribution >= 4 is 34.3 Å². The molecule has 0 amide bonds. The van der Waals surface area contributed by atoms with Gasteiger partial charge in [0.2, 0.25) is 4.87 Å². The van der Waals surface area contributed by atoms with Crippen molar-refractivity contribution < 1.29 is 18.7 Å². The highest BCUT2D eigenvalue weighted by atomic mass is 35.5. The maximum Gasteiger partial charge on any atom is 0.347 e. The monoisotopic (exact) mass is 340 g/mol. The molecule has 3 aromatic rings. The van der Waals surface area contributed by atoms with Crippen LogP contribution in [0.2, 0.25) is 0 Å². The lowest BCUT2D eigenvalue weighted by atomic mass is 9.88. The zero-order valence-electron chi connectivity index (χ0n) is 12.1. The van der Waals surface area contributed by atoms with Crippen molar-refractivity contribution in [1.82, 2.24) is 0 Å². The predicted octanol–water partition coefficient (Wildman–Crippen LogP) is 2.97. The number of esters is 2. The number of halogens is 1. The maximum atomic E-state index is 12.4. The summed E-state index contributed by atoms with van der Waals surface area (Å²) in [6.07, 6.45) is 0. The fourth-order valence-corrected chi connectivity index (χ4v) is 3.11. The molecule has 0 unspecified atom stereocenters. The van der Waals surface area contributed by atoms with E-state index in [1.54, 1.807) is 36.4 Å². The molecule has 0 fully saturated rings. The van der Waals surface area contributed by atoms with Gasteiger partial charge in [-0.1, -0.05) is 48.0 Å². The highest BCUT2D eigenvalue weighted by Crippen LogP contribution is 2.43. The van der Waals surface area contributed by atoms with Gasteiger partial charge in [0, 0.05) is 5.56 Å². The summed E-state index contributed by atoms with van der Waals surface area (Å²) in [5.74, 6) is -1.86. The van der Waals surface area contributed by atoms with E-state index in [1.165, 1.54) is 18.2 Å². The van der Waals surface area contributed by atoms with Gasteiger partial charge in [-0.15, -0.1) is 0 Å². The molecule has 6 heteroatoms. The number of carbonyl (C=O) groups is 2. The third-order valence-electron chi connectivity index (χ3n) is 3.99. The first kappa shape index (κ1) is 14.7. The number of hydrogen-bond donors (Lipinski definition) is 0. The van der Waals surface area contributed by atoms with Crippen LogP contribution in [0.15, 0.2) is 63.8 Å². The minimum absolute atomic E-state index is 0.0854. The summed E-state index contributed by atoms with van der Waals surface area (Å²) >= 11 is 6.56. The minimum Gasteiger partial charge on any atom is -0.424 e. The largest absolute Gasteiger partial charge is 0.424 e. The second-order valence-corrected chi connectivity index (χ2v) is 5.93. The Balaban J connectivity index is 2.05. The smallest absolute Gasteiger partial charge is 0.347 e. The SMILES string of the molecule is O=C1OC(=O)[C@@](Cl)(c2cc3ccccc3c(=O)o2)c2ccccc21. The Bertz CT molecular complexity index is 1070. The summed E-state index contributed by atoms with van der Waals surface area (Å²) in [6, 6.07) is 14.6. The molecule has 0 bridgehead atoms. The molecule has 1 aromatic heterocycles. The van der Waals surface area contributed by atoms with Crippen LogP contribution in [-0.2, 0) is 14.4 Å². The van der Waals surface area contributed by atoms with Crippen molar-refractivity contribution in [2.45, 2.75) is 4.87 Å². The van der Waals surface area contributed by atoms with Crippen molar-refractivity contribution in [3.8, 4) is 0 Å². The summed E-state index contributed by atoms with van der Waals surface area (Å²) in [7, 11) is 0. The third-order valence-corrected chi connectivity index (χ3v) is 4.54. The number of rotatable bonds is 1. The van der Waals surface area contributed by atoms with Crippen molar-refractivity contribution in [2.24, 2.45) is 0 Å². The van der Waals surface area contributed by atoms with Gasteiger partial charge in [0.1, 0.15) is 5.76 Å². The van der Waals surface area contributed by atoms with E-state index in [4.69, 9.17) is 20.8 Å². The van der Waals surface area contributed by atoms with Gasteiger partial charge < -0.3 is 9.15 Å². The van der Waals surface area contributed by atoms with Crippen LogP contribution in [0.5, 0.6) is 0 Å². The molecule has 5 nitrogen and oxygen atoms in total. The predicted molar refractivity (Wildman–Crippen MR) is 86.0 cm³/mol. The molecule has 0 saturated carbocycles. The normalized spacial score (nSPS) is 19.9. The number of fused-ring (bicyclic) bond motifs is 2. The quantitative estimate of drug-likeness (QED) is 0.387. The molecule has 24 heavy (non-hydrogen) atoms. The van der Waals surface area contributed by atoms with Gasteiger partial charge in [-0.05, 0) is 23.6 Å². The first-order chi connectivity index (χ1) is 11.5. The molecule has 1 atom stereocenters. The molecule has 2 heterocycles. The number of alkyl halides is 1. The van der Waals surface area contributed by atoms with E-state index in [1.807, 2.05) is 0 Å². The topological polar surface area (TPSA) is 73.6 Å². The molecule has 0 aliphatic carbocycles. The zero-order chi connectivity index (χ0) is 16.9. The highest BCUT2D eigenvalue weighted by Gasteiger charge is 2.51. The van der Waals surface area contributed by atoms with E-state index < -0.39 is 22.4 Å². The van der Waals surface area contributed by atoms with E-state index in [2.05, 4.69) is 0 Å². The zero-order valence-corrected chi connectivity index (χ0v) is 12.9. The van der Waals surface area contributed by atoms with Crippen LogP contribution in [0.3, 0.4) is 0 Å². The fraction of sp³-hybridized carbons (Fsp3) is 0.0556. The van der Waals surface area contributed by atoms with E-state index >= 15 is 0 Å². The Hall–Kier alpha value is -2.92. The van der Waals surface area contributed by atoms with E-state index in [-0.39, 0.29) is 16.9 Å². The van der Waals surface area contributed by atoms with E-state index in [9.17, 15) is 14.4 Å². The van der Waals surface area contributed by atoms with Crippen LogP contribution in [-0.4, -0.2) is 11.9 Å². The van der Waals surface area contributed by atoms with Gasteiger partial charge in [0.15, 0.2) is 0 Å². The lowest BCUT2D eigenvalue weighted by Crippen LogP contribution is -2.41. The highest BCUT2D eigenvalue weighted by molar-refractivity contribution is 6.38. The Morgan fingerprint density at radius 1 is 0.917 bits per heavy atom. The molecular formula is C18H9ClO5. The van der Waals surface area contributed by atoms with Gasteiger partial charge in [-0.2, -0.15) is 0 Å². The minimum atomic E-state index is -1.90. The molecule has 2 aromatic carbocycles.